The van der Waals surface area contributed by atoms with Gasteiger partial charge in [0.25, 0.3) is 7.82 Å². The second kappa shape index (κ2) is 47.3. The van der Waals surface area contributed by atoms with Crippen LogP contribution in [0, 0.1) is 0 Å². The van der Waals surface area contributed by atoms with Gasteiger partial charge in [0.1, 0.15) is 13.2 Å². The van der Waals surface area contributed by atoms with Crippen LogP contribution in [0.4, 0.5) is 0 Å². The molecule has 0 spiro atoms. The van der Waals surface area contributed by atoms with Crippen LogP contribution >= 0.6 is 7.82 Å². The minimum Gasteiger partial charge on any atom is -0.756 e. The Hall–Kier alpha value is -1.80. The number of phosphoric acid groups is 1. The lowest BCUT2D eigenvalue weighted by atomic mass is 10.0. The van der Waals surface area contributed by atoms with Crippen molar-refractivity contribution in [1.29, 1.82) is 0 Å². The summed E-state index contributed by atoms with van der Waals surface area (Å²) in [5.74, 6) is -0.220. The number of hydrogen-bond acceptors (Lipinski definition) is 6. The third-order valence-corrected chi connectivity index (χ3v) is 12.9. The van der Waals surface area contributed by atoms with E-state index in [4.69, 9.17) is 9.05 Å². The number of likely N-dealkylation sites (N-methyl/N-ethyl adjacent to an activating group) is 1. The average Bonchev–Trinajstić information content (AvgIpc) is 3.26. The number of phosphoric ester groups is 1. The van der Waals surface area contributed by atoms with E-state index in [1.807, 2.05) is 27.2 Å². The van der Waals surface area contributed by atoms with Gasteiger partial charge in [-0.2, -0.15) is 0 Å². The average molecular weight is 933 g/mol. The number of nitrogens with one attached hydrogen (secondary N) is 1. The van der Waals surface area contributed by atoms with Crippen molar-refractivity contribution in [2.75, 3.05) is 40.9 Å². The molecule has 0 aliphatic heterocycles. The lowest BCUT2D eigenvalue weighted by Crippen LogP contribution is -2.45. The zero-order chi connectivity index (χ0) is 47.8. The quantitative estimate of drug-likeness (QED) is 0.0272. The molecule has 3 unspecified atom stereocenters. The van der Waals surface area contributed by atoms with E-state index in [0.29, 0.717) is 17.4 Å². The molecule has 0 saturated carbocycles. The Morgan fingerprint density at radius 2 is 0.908 bits per heavy atom. The second-order valence-electron chi connectivity index (χ2n) is 19.6. The summed E-state index contributed by atoms with van der Waals surface area (Å²) in [6, 6.07) is -0.913. The van der Waals surface area contributed by atoms with Crippen molar-refractivity contribution >= 4 is 13.7 Å². The van der Waals surface area contributed by atoms with E-state index in [-0.39, 0.29) is 12.5 Å². The zero-order valence-electron chi connectivity index (χ0n) is 43.2. The minimum atomic E-state index is -4.61. The van der Waals surface area contributed by atoms with Crippen LogP contribution in [0.3, 0.4) is 0 Å². The van der Waals surface area contributed by atoms with E-state index in [1.54, 1.807) is 6.08 Å². The Morgan fingerprint density at radius 3 is 1.38 bits per heavy atom. The van der Waals surface area contributed by atoms with Crippen molar-refractivity contribution in [3.8, 4) is 0 Å². The molecule has 0 radical (unpaired) electrons. The van der Waals surface area contributed by atoms with Crippen LogP contribution in [0.2, 0.25) is 0 Å². The number of quaternary nitrogens is 1. The SMILES string of the molecule is CCCCC/C=C\C/C=C\C/C=C\CCCCCCCCC(=O)NC(COP(=O)([O-])OCC[N+](C)(C)C)C(O)/C=C/CC/C=C/CCCCCCCCCCCCCCCCCCCC. The van der Waals surface area contributed by atoms with Crippen LogP contribution in [-0.2, 0) is 18.4 Å². The van der Waals surface area contributed by atoms with E-state index in [9.17, 15) is 19.4 Å². The molecule has 2 N–H and O–H groups in total. The molecule has 0 fully saturated rings. The molecule has 0 aliphatic rings. The maximum Gasteiger partial charge on any atom is 0.268 e. The molecular weight excluding hydrogens is 828 g/mol. The molecule has 0 aliphatic carbocycles. The summed E-state index contributed by atoms with van der Waals surface area (Å²) in [6.07, 6.45) is 62.9. The van der Waals surface area contributed by atoms with Gasteiger partial charge in [0.15, 0.2) is 0 Å². The molecule has 9 heteroatoms. The van der Waals surface area contributed by atoms with Crippen LogP contribution in [0.15, 0.2) is 60.8 Å². The molecule has 0 bridgehead atoms. The van der Waals surface area contributed by atoms with Gasteiger partial charge in [-0.3, -0.25) is 9.36 Å². The van der Waals surface area contributed by atoms with Crippen molar-refractivity contribution < 1.29 is 32.9 Å². The Bertz CT molecular complexity index is 1240. The van der Waals surface area contributed by atoms with Gasteiger partial charge < -0.3 is 28.8 Å². The standard InChI is InChI=1S/C56H105N2O6P/c1-6-8-10-12-14-16-18-20-22-24-26-27-28-29-30-32-33-35-37-39-41-43-45-47-49-55(59)54(53-64-65(61,62)63-52-51-58(3,4)5)57-56(60)50-48-46-44-42-40-38-36-34-31-25-23-21-19-17-15-13-11-9-7-2/h15,17,21,23,31,34,39,41,47,49,54-55,59H,6-14,16,18-20,22,24-30,32-33,35-38,40,42-46,48,50-53H2,1-5H3,(H-,57,60,61,62)/b17-15-,23-21-,34-31-,41-39+,49-47+. The van der Waals surface area contributed by atoms with Crippen molar-refractivity contribution in [2.24, 2.45) is 0 Å². The fourth-order valence-corrected chi connectivity index (χ4v) is 8.37. The molecule has 0 aromatic heterocycles. The predicted molar refractivity (Wildman–Crippen MR) is 279 cm³/mol. The number of rotatable bonds is 49. The summed E-state index contributed by atoms with van der Waals surface area (Å²) in [4.78, 5) is 25.4. The maximum atomic E-state index is 12.9. The largest absolute Gasteiger partial charge is 0.756 e. The van der Waals surface area contributed by atoms with Gasteiger partial charge in [0.2, 0.25) is 5.91 Å². The number of carbonyl (C=O) groups excluding carboxylic acids is 1. The van der Waals surface area contributed by atoms with Gasteiger partial charge in [-0.15, -0.1) is 0 Å². The molecule has 3 atom stereocenters. The van der Waals surface area contributed by atoms with Gasteiger partial charge in [0, 0.05) is 6.42 Å². The van der Waals surface area contributed by atoms with Crippen molar-refractivity contribution in [3.05, 3.63) is 60.8 Å². The maximum absolute atomic E-state index is 12.9. The van der Waals surface area contributed by atoms with Gasteiger partial charge in [-0.1, -0.05) is 222 Å². The van der Waals surface area contributed by atoms with Gasteiger partial charge >= 0.3 is 0 Å². The lowest BCUT2D eigenvalue weighted by molar-refractivity contribution is -0.870. The molecule has 380 valence electrons. The fraction of sp³-hybridized carbons (Fsp3) is 0.804. The van der Waals surface area contributed by atoms with Crippen LogP contribution in [0.25, 0.3) is 0 Å². The van der Waals surface area contributed by atoms with E-state index in [2.05, 4.69) is 67.8 Å². The third kappa shape index (κ3) is 49.9. The number of hydrogen-bond donors (Lipinski definition) is 2. The topological polar surface area (TPSA) is 108 Å². The monoisotopic (exact) mass is 933 g/mol. The van der Waals surface area contributed by atoms with E-state index >= 15 is 0 Å². The smallest absolute Gasteiger partial charge is 0.268 e. The summed E-state index contributed by atoms with van der Waals surface area (Å²) in [6.45, 7) is 4.60. The summed E-state index contributed by atoms with van der Waals surface area (Å²) in [5.41, 5.74) is 0. The van der Waals surface area contributed by atoms with Crippen molar-refractivity contribution in [1.82, 2.24) is 5.32 Å². The van der Waals surface area contributed by atoms with Gasteiger partial charge in [-0.05, 0) is 70.6 Å². The first-order valence-corrected chi connectivity index (χ1v) is 28.6. The molecule has 8 nitrogen and oxygen atoms in total. The van der Waals surface area contributed by atoms with Crippen molar-refractivity contribution in [3.63, 3.8) is 0 Å². The third-order valence-electron chi connectivity index (χ3n) is 11.9. The van der Waals surface area contributed by atoms with Crippen LogP contribution in [0.1, 0.15) is 239 Å². The Kier molecular flexibility index (Phi) is 46.0. The Balaban J connectivity index is 4.34. The van der Waals surface area contributed by atoms with Gasteiger partial charge in [-0.25, -0.2) is 0 Å². The Morgan fingerprint density at radius 1 is 0.538 bits per heavy atom. The van der Waals surface area contributed by atoms with Crippen LogP contribution in [-0.4, -0.2) is 68.5 Å². The molecule has 0 heterocycles. The number of unbranched alkanes of at least 4 members (excludes halogenated alkanes) is 28. The number of amides is 1. The first kappa shape index (κ1) is 63.2. The molecule has 65 heavy (non-hydrogen) atoms. The fourth-order valence-electron chi connectivity index (χ4n) is 7.65. The molecule has 1 amide bonds. The molecule has 0 aromatic carbocycles. The first-order chi connectivity index (χ1) is 31.5. The highest BCUT2D eigenvalue weighted by Crippen LogP contribution is 2.38. The van der Waals surface area contributed by atoms with E-state index in [1.165, 1.54) is 154 Å². The lowest BCUT2D eigenvalue weighted by Gasteiger charge is -2.29. The zero-order valence-corrected chi connectivity index (χ0v) is 44.1. The second-order valence-corrected chi connectivity index (χ2v) is 21.0. The van der Waals surface area contributed by atoms with Gasteiger partial charge in [0.05, 0.1) is 39.9 Å². The summed E-state index contributed by atoms with van der Waals surface area (Å²) >= 11 is 0. The highest BCUT2D eigenvalue weighted by atomic mass is 31.2. The van der Waals surface area contributed by atoms with E-state index in [0.717, 1.165) is 64.2 Å². The highest BCUT2D eigenvalue weighted by molar-refractivity contribution is 7.45. The number of nitrogens with zero attached hydrogens (tertiary/aromatic N) is 1. The summed E-state index contributed by atoms with van der Waals surface area (Å²) in [5, 5.41) is 13.8. The highest BCUT2D eigenvalue weighted by Gasteiger charge is 2.23. The first-order valence-electron chi connectivity index (χ1n) is 27.2. The Labute approximate surface area is 402 Å². The minimum absolute atomic E-state index is 0.0112. The number of carbonyl (C=O) groups is 1. The number of aliphatic hydroxyl groups excluding tert-OH is 1. The molecular formula is C56H105N2O6P. The predicted octanol–water partition coefficient (Wildman–Crippen LogP) is 15.5. The molecule has 0 saturated heterocycles. The van der Waals surface area contributed by atoms with Crippen LogP contribution in [0.5, 0.6) is 0 Å². The van der Waals surface area contributed by atoms with E-state index < -0.39 is 26.6 Å². The number of allylic oxidation sites excluding steroid dienone is 9. The summed E-state index contributed by atoms with van der Waals surface area (Å²) in [7, 11) is 1.23. The number of aliphatic hydroxyl groups is 1. The van der Waals surface area contributed by atoms with Crippen LogP contribution < -0.4 is 10.2 Å². The summed E-state index contributed by atoms with van der Waals surface area (Å²) < 4.78 is 23.3. The molecule has 0 aromatic rings. The van der Waals surface area contributed by atoms with Crippen molar-refractivity contribution in [2.45, 2.75) is 251 Å². The molecule has 0 rings (SSSR count). The normalized spacial score (nSPS) is 14.5.